The molecular weight excluding hydrogens is 164 g/mol. The number of likely N-dealkylation sites (tertiary alicyclic amines) is 1. The van der Waals surface area contributed by atoms with Gasteiger partial charge in [0, 0.05) is 25.2 Å². The molecule has 1 rings (SSSR count). The maximum atomic E-state index is 9.64. The van der Waals surface area contributed by atoms with Crippen molar-refractivity contribution < 1.29 is 5.11 Å². The van der Waals surface area contributed by atoms with E-state index in [1.54, 1.807) is 0 Å². The van der Waals surface area contributed by atoms with Crippen molar-refractivity contribution in [1.29, 1.82) is 0 Å². The molecule has 0 amide bonds. The monoisotopic (exact) mass is 186 g/mol. The fraction of sp³-hybridized carbons (Fsp3) is 1.00. The maximum absolute atomic E-state index is 9.64. The van der Waals surface area contributed by atoms with Gasteiger partial charge in [0.2, 0.25) is 0 Å². The van der Waals surface area contributed by atoms with Crippen molar-refractivity contribution >= 4 is 0 Å². The molecule has 0 spiro atoms. The van der Waals surface area contributed by atoms with E-state index >= 15 is 0 Å². The Morgan fingerprint density at radius 2 is 2.15 bits per heavy atom. The van der Waals surface area contributed by atoms with Crippen molar-refractivity contribution in [3.63, 3.8) is 0 Å². The summed E-state index contributed by atoms with van der Waals surface area (Å²) in [6, 6.07) is 1.01. The lowest BCUT2D eigenvalue weighted by molar-refractivity contribution is 0.0371. The van der Waals surface area contributed by atoms with Gasteiger partial charge in [0.05, 0.1) is 6.10 Å². The lowest BCUT2D eigenvalue weighted by atomic mass is 10.0. The highest BCUT2D eigenvalue weighted by Gasteiger charge is 2.26. The normalized spacial score (nSPS) is 31.2. The smallest absolute Gasteiger partial charge is 0.0682 e. The standard InChI is InChI=1S/C10H22N2O/c1-4-11-9-5-10(13)7-12(6-9)8(2)3/h8-11,13H,4-7H2,1-3H3. The van der Waals surface area contributed by atoms with E-state index in [0.717, 1.165) is 26.1 Å². The molecule has 0 aromatic carbocycles. The van der Waals surface area contributed by atoms with Crippen LogP contribution in [0.1, 0.15) is 27.2 Å². The number of piperidine rings is 1. The van der Waals surface area contributed by atoms with Crippen LogP contribution in [0.3, 0.4) is 0 Å². The van der Waals surface area contributed by atoms with Crippen molar-refractivity contribution in [2.75, 3.05) is 19.6 Å². The summed E-state index contributed by atoms with van der Waals surface area (Å²) in [6.07, 6.45) is 0.747. The third-order valence-corrected chi connectivity index (χ3v) is 2.68. The largest absolute Gasteiger partial charge is 0.392 e. The maximum Gasteiger partial charge on any atom is 0.0682 e. The van der Waals surface area contributed by atoms with E-state index in [-0.39, 0.29) is 6.10 Å². The van der Waals surface area contributed by atoms with Crippen LogP contribution in [-0.2, 0) is 0 Å². The van der Waals surface area contributed by atoms with Crippen LogP contribution in [-0.4, -0.2) is 47.8 Å². The molecule has 0 aliphatic carbocycles. The Morgan fingerprint density at radius 3 is 2.69 bits per heavy atom. The number of aliphatic hydroxyl groups excluding tert-OH is 1. The van der Waals surface area contributed by atoms with Crippen LogP contribution < -0.4 is 5.32 Å². The van der Waals surface area contributed by atoms with E-state index in [9.17, 15) is 5.11 Å². The molecule has 0 aromatic heterocycles. The third kappa shape index (κ3) is 3.25. The number of likely N-dealkylation sites (N-methyl/N-ethyl adjacent to an activating group) is 1. The lowest BCUT2D eigenvalue weighted by Crippen LogP contribution is -2.53. The van der Waals surface area contributed by atoms with Gasteiger partial charge in [0.25, 0.3) is 0 Å². The lowest BCUT2D eigenvalue weighted by Gasteiger charge is -2.38. The second kappa shape index (κ2) is 4.94. The minimum atomic E-state index is -0.153. The van der Waals surface area contributed by atoms with Gasteiger partial charge in [-0.1, -0.05) is 6.92 Å². The fourth-order valence-corrected chi connectivity index (χ4v) is 1.96. The zero-order valence-electron chi connectivity index (χ0n) is 8.95. The van der Waals surface area contributed by atoms with Crippen LogP contribution >= 0.6 is 0 Å². The third-order valence-electron chi connectivity index (χ3n) is 2.68. The Bertz CT molecular complexity index is 150. The number of hydrogen-bond donors (Lipinski definition) is 2. The molecule has 3 heteroatoms. The minimum absolute atomic E-state index is 0.153. The highest BCUT2D eigenvalue weighted by Crippen LogP contribution is 2.13. The average molecular weight is 186 g/mol. The van der Waals surface area contributed by atoms with Crippen LogP contribution in [0.2, 0.25) is 0 Å². The quantitative estimate of drug-likeness (QED) is 0.671. The van der Waals surface area contributed by atoms with Crippen LogP contribution in [0.15, 0.2) is 0 Å². The predicted octanol–water partition coefficient (Wildman–Crippen LogP) is 0.439. The van der Waals surface area contributed by atoms with Gasteiger partial charge in [0.15, 0.2) is 0 Å². The molecule has 0 aromatic rings. The van der Waals surface area contributed by atoms with Gasteiger partial charge in [-0.25, -0.2) is 0 Å². The first kappa shape index (κ1) is 11.0. The summed E-state index contributed by atoms with van der Waals surface area (Å²) >= 11 is 0. The number of hydrogen-bond acceptors (Lipinski definition) is 3. The SMILES string of the molecule is CCNC1CC(O)CN(C(C)C)C1. The van der Waals surface area contributed by atoms with Gasteiger partial charge in [-0.3, -0.25) is 4.90 Å². The Morgan fingerprint density at radius 1 is 1.46 bits per heavy atom. The van der Waals surface area contributed by atoms with E-state index in [1.165, 1.54) is 0 Å². The molecule has 0 saturated carbocycles. The second-order valence-corrected chi connectivity index (χ2v) is 4.19. The molecule has 1 saturated heterocycles. The van der Waals surface area contributed by atoms with E-state index in [0.29, 0.717) is 12.1 Å². The number of rotatable bonds is 3. The first-order valence-corrected chi connectivity index (χ1v) is 5.29. The molecule has 1 fully saturated rings. The Hall–Kier alpha value is -0.120. The highest BCUT2D eigenvalue weighted by atomic mass is 16.3. The van der Waals surface area contributed by atoms with Gasteiger partial charge >= 0.3 is 0 Å². The fourth-order valence-electron chi connectivity index (χ4n) is 1.96. The van der Waals surface area contributed by atoms with Crippen LogP contribution in [0.5, 0.6) is 0 Å². The first-order chi connectivity index (χ1) is 6.13. The molecule has 1 aliphatic rings. The Balaban J connectivity index is 2.42. The predicted molar refractivity (Wildman–Crippen MR) is 54.8 cm³/mol. The number of aliphatic hydroxyl groups is 1. The first-order valence-electron chi connectivity index (χ1n) is 5.29. The van der Waals surface area contributed by atoms with Crippen molar-refractivity contribution in [2.45, 2.75) is 45.4 Å². The van der Waals surface area contributed by atoms with Crippen molar-refractivity contribution in [3.05, 3.63) is 0 Å². The molecule has 78 valence electrons. The second-order valence-electron chi connectivity index (χ2n) is 4.19. The highest BCUT2D eigenvalue weighted by molar-refractivity contribution is 4.84. The molecular formula is C10H22N2O. The van der Waals surface area contributed by atoms with Gasteiger partial charge in [-0.15, -0.1) is 0 Å². The van der Waals surface area contributed by atoms with Crippen LogP contribution in [0.4, 0.5) is 0 Å². The minimum Gasteiger partial charge on any atom is -0.392 e. The summed E-state index contributed by atoms with van der Waals surface area (Å²) in [4.78, 5) is 2.33. The van der Waals surface area contributed by atoms with E-state index in [1.807, 2.05) is 0 Å². The number of nitrogens with one attached hydrogen (secondary N) is 1. The van der Waals surface area contributed by atoms with Crippen molar-refractivity contribution in [3.8, 4) is 0 Å². The van der Waals surface area contributed by atoms with Crippen molar-refractivity contribution in [1.82, 2.24) is 10.2 Å². The number of β-amino-alcohol motifs (C(OH)–C–C–N with tert-alkyl or cyclic N) is 1. The molecule has 13 heavy (non-hydrogen) atoms. The molecule has 2 unspecified atom stereocenters. The van der Waals surface area contributed by atoms with Gasteiger partial charge in [0.1, 0.15) is 0 Å². The summed E-state index contributed by atoms with van der Waals surface area (Å²) in [7, 11) is 0. The summed E-state index contributed by atoms with van der Waals surface area (Å²) < 4.78 is 0. The molecule has 3 nitrogen and oxygen atoms in total. The van der Waals surface area contributed by atoms with Crippen LogP contribution in [0, 0.1) is 0 Å². The summed E-state index contributed by atoms with van der Waals surface area (Å²) in [5.41, 5.74) is 0. The average Bonchev–Trinajstić information content (AvgIpc) is 2.03. The summed E-state index contributed by atoms with van der Waals surface area (Å²) in [6.45, 7) is 9.37. The molecule has 0 radical (unpaired) electrons. The summed E-state index contributed by atoms with van der Waals surface area (Å²) in [5.74, 6) is 0. The van der Waals surface area contributed by atoms with Crippen LogP contribution in [0.25, 0.3) is 0 Å². The van der Waals surface area contributed by atoms with Gasteiger partial charge in [-0.05, 0) is 26.8 Å². The molecule has 2 N–H and O–H groups in total. The van der Waals surface area contributed by atoms with Gasteiger partial charge < -0.3 is 10.4 Å². The zero-order valence-corrected chi connectivity index (χ0v) is 8.95. The Kier molecular flexibility index (Phi) is 4.16. The van der Waals surface area contributed by atoms with E-state index < -0.39 is 0 Å². The van der Waals surface area contributed by atoms with E-state index in [2.05, 4.69) is 31.0 Å². The van der Waals surface area contributed by atoms with Crippen molar-refractivity contribution in [2.24, 2.45) is 0 Å². The molecule has 0 bridgehead atoms. The van der Waals surface area contributed by atoms with E-state index in [4.69, 9.17) is 0 Å². The number of nitrogens with zero attached hydrogens (tertiary/aromatic N) is 1. The zero-order chi connectivity index (χ0) is 9.84. The molecule has 1 heterocycles. The molecule has 1 aliphatic heterocycles. The van der Waals surface area contributed by atoms with Gasteiger partial charge in [-0.2, -0.15) is 0 Å². The topological polar surface area (TPSA) is 35.5 Å². The summed E-state index contributed by atoms with van der Waals surface area (Å²) in [5, 5.41) is 13.0. The Labute approximate surface area is 81.1 Å². The molecule has 2 atom stereocenters.